The predicted octanol–water partition coefficient (Wildman–Crippen LogP) is 2.63. The highest BCUT2D eigenvalue weighted by Crippen LogP contribution is 2.14. The lowest BCUT2D eigenvalue weighted by Gasteiger charge is -2.04. The van der Waals surface area contributed by atoms with Gasteiger partial charge in [0.25, 0.3) is 5.56 Å². The van der Waals surface area contributed by atoms with Crippen LogP contribution in [0.5, 0.6) is 0 Å². The van der Waals surface area contributed by atoms with Crippen LogP contribution >= 0.6 is 22.9 Å². The number of nitrogens with zero attached hydrogens (tertiary/aromatic N) is 2. The molecular weight excluding hydrogens is 308 g/mol. The molecule has 108 valence electrons. The van der Waals surface area contributed by atoms with Crippen LogP contribution in [-0.4, -0.2) is 15.0 Å². The Kier molecular flexibility index (Phi) is 4.01. The van der Waals surface area contributed by atoms with E-state index >= 15 is 0 Å². The molecule has 0 aliphatic heterocycles. The molecule has 1 aromatic carbocycles. The number of hydrogen-bond donors (Lipinski definition) is 2. The van der Waals surface area contributed by atoms with E-state index in [0.29, 0.717) is 34.8 Å². The highest BCUT2D eigenvalue weighted by Gasteiger charge is 2.05. The van der Waals surface area contributed by atoms with Gasteiger partial charge < -0.3 is 10.3 Å². The minimum Gasteiger partial charge on any atom is -0.309 e. The number of nitrogens with one attached hydrogen (secondary N) is 2. The van der Waals surface area contributed by atoms with Crippen molar-refractivity contribution in [1.82, 2.24) is 20.3 Å². The summed E-state index contributed by atoms with van der Waals surface area (Å²) in [5, 5.41) is 5.39. The van der Waals surface area contributed by atoms with Gasteiger partial charge in [0.15, 0.2) is 0 Å². The smallest absolute Gasteiger partial charge is 0.258 e. The van der Waals surface area contributed by atoms with Crippen molar-refractivity contribution in [3.8, 4) is 0 Å². The Hall–Kier alpha value is -1.76. The zero-order valence-corrected chi connectivity index (χ0v) is 12.9. The van der Waals surface area contributed by atoms with Gasteiger partial charge in [-0.1, -0.05) is 11.6 Å². The lowest BCUT2D eigenvalue weighted by Crippen LogP contribution is -2.19. The summed E-state index contributed by atoms with van der Waals surface area (Å²) in [5.74, 6) is 0.594. The normalized spacial score (nSPS) is 11.1. The molecule has 0 radical (unpaired) electrons. The second-order valence-corrected chi connectivity index (χ2v) is 6.38. The van der Waals surface area contributed by atoms with Crippen LogP contribution in [0.3, 0.4) is 0 Å². The summed E-state index contributed by atoms with van der Waals surface area (Å²) in [6.07, 6.45) is 1.85. The average Bonchev–Trinajstić information content (AvgIpc) is 2.84. The summed E-state index contributed by atoms with van der Waals surface area (Å²) >= 11 is 7.58. The zero-order chi connectivity index (χ0) is 14.8. The fourth-order valence-corrected chi connectivity index (χ4v) is 2.97. The molecule has 0 aliphatic rings. The Balaban J connectivity index is 1.76. The molecule has 2 heterocycles. The topological polar surface area (TPSA) is 70.7 Å². The first-order chi connectivity index (χ1) is 10.1. The SMILES string of the molecule is Cc1ncc(CNCc2nc3cc(Cl)ccc3c(=O)[nH]2)s1. The molecule has 0 unspecified atom stereocenters. The Morgan fingerprint density at radius 2 is 2.24 bits per heavy atom. The highest BCUT2D eigenvalue weighted by atomic mass is 35.5. The number of aryl methyl sites for hydroxylation is 1. The first kappa shape index (κ1) is 14.2. The third kappa shape index (κ3) is 3.29. The average molecular weight is 321 g/mol. The fourth-order valence-electron chi connectivity index (χ4n) is 2.04. The lowest BCUT2D eigenvalue weighted by atomic mass is 10.2. The van der Waals surface area contributed by atoms with Crippen molar-refractivity contribution in [3.05, 3.63) is 55.5 Å². The number of hydrogen-bond acceptors (Lipinski definition) is 5. The molecule has 2 N–H and O–H groups in total. The monoisotopic (exact) mass is 320 g/mol. The number of rotatable bonds is 4. The van der Waals surface area contributed by atoms with E-state index in [1.807, 2.05) is 13.1 Å². The van der Waals surface area contributed by atoms with Gasteiger partial charge in [-0.15, -0.1) is 11.3 Å². The van der Waals surface area contributed by atoms with E-state index in [2.05, 4.69) is 20.3 Å². The van der Waals surface area contributed by atoms with Gasteiger partial charge >= 0.3 is 0 Å². The minimum absolute atomic E-state index is 0.151. The molecule has 0 amide bonds. The first-order valence-electron chi connectivity index (χ1n) is 6.42. The number of benzene rings is 1. The molecule has 5 nitrogen and oxygen atoms in total. The van der Waals surface area contributed by atoms with Gasteiger partial charge in [0.1, 0.15) is 5.82 Å². The zero-order valence-electron chi connectivity index (χ0n) is 11.3. The van der Waals surface area contributed by atoms with E-state index < -0.39 is 0 Å². The minimum atomic E-state index is -0.151. The quantitative estimate of drug-likeness (QED) is 0.775. The summed E-state index contributed by atoms with van der Waals surface area (Å²) in [7, 11) is 0. The Morgan fingerprint density at radius 1 is 1.38 bits per heavy atom. The van der Waals surface area contributed by atoms with Crippen LogP contribution in [0.2, 0.25) is 5.02 Å². The molecule has 0 saturated heterocycles. The predicted molar refractivity (Wildman–Crippen MR) is 84.8 cm³/mol. The number of fused-ring (bicyclic) bond motifs is 1. The summed E-state index contributed by atoms with van der Waals surface area (Å²) in [6.45, 7) is 3.15. The third-order valence-electron chi connectivity index (χ3n) is 2.98. The van der Waals surface area contributed by atoms with Crippen molar-refractivity contribution in [2.75, 3.05) is 0 Å². The largest absolute Gasteiger partial charge is 0.309 e. The number of halogens is 1. The number of aromatic amines is 1. The van der Waals surface area contributed by atoms with Crippen molar-refractivity contribution < 1.29 is 0 Å². The van der Waals surface area contributed by atoms with Gasteiger partial charge in [-0.05, 0) is 25.1 Å². The summed E-state index contributed by atoms with van der Waals surface area (Å²) in [6, 6.07) is 5.06. The number of thiazole rings is 1. The number of aromatic nitrogens is 3. The molecule has 0 saturated carbocycles. The maximum absolute atomic E-state index is 12.0. The second kappa shape index (κ2) is 5.93. The van der Waals surface area contributed by atoms with Crippen molar-refractivity contribution in [3.63, 3.8) is 0 Å². The molecule has 3 rings (SSSR count). The van der Waals surface area contributed by atoms with Crippen molar-refractivity contribution >= 4 is 33.8 Å². The van der Waals surface area contributed by atoms with Crippen molar-refractivity contribution in [2.45, 2.75) is 20.0 Å². The Labute approximate surface area is 130 Å². The van der Waals surface area contributed by atoms with Gasteiger partial charge in [-0.2, -0.15) is 0 Å². The van der Waals surface area contributed by atoms with E-state index in [-0.39, 0.29) is 5.56 Å². The van der Waals surface area contributed by atoms with E-state index in [1.165, 1.54) is 0 Å². The summed E-state index contributed by atoms with van der Waals surface area (Å²) in [4.78, 5) is 24.5. The van der Waals surface area contributed by atoms with Gasteiger partial charge in [0.05, 0.1) is 22.5 Å². The summed E-state index contributed by atoms with van der Waals surface area (Å²) in [5.41, 5.74) is 0.457. The third-order valence-corrected chi connectivity index (χ3v) is 4.13. The molecule has 2 aromatic heterocycles. The highest BCUT2D eigenvalue weighted by molar-refractivity contribution is 7.11. The van der Waals surface area contributed by atoms with E-state index in [4.69, 9.17) is 11.6 Å². The molecule has 0 fully saturated rings. The molecule has 3 aromatic rings. The maximum Gasteiger partial charge on any atom is 0.258 e. The Morgan fingerprint density at radius 3 is 3.00 bits per heavy atom. The molecule has 0 spiro atoms. The van der Waals surface area contributed by atoms with Crippen LogP contribution in [0.25, 0.3) is 10.9 Å². The summed E-state index contributed by atoms with van der Waals surface area (Å²) < 4.78 is 0. The number of H-pyrrole nitrogens is 1. The standard InChI is InChI=1S/C14H13ClN4OS/c1-8-17-6-10(21-8)5-16-7-13-18-12-4-9(15)2-3-11(12)14(20)19-13/h2-4,6,16H,5,7H2,1H3,(H,18,19,20). The van der Waals surface area contributed by atoms with Crippen LogP contribution < -0.4 is 10.9 Å². The van der Waals surface area contributed by atoms with E-state index in [1.54, 1.807) is 29.5 Å². The molecule has 21 heavy (non-hydrogen) atoms. The molecule has 0 atom stereocenters. The molecule has 0 bridgehead atoms. The van der Waals surface area contributed by atoms with Crippen molar-refractivity contribution in [1.29, 1.82) is 0 Å². The fraction of sp³-hybridized carbons (Fsp3) is 0.214. The van der Waals surface area contributed by atoms with Gasteiger partial charge in [0, 0.05) is 22.6 Å². The van der Waals surface area contributed by atoms with E-state index in [9.17, 15) is 4.79 Å². The molecule has 0 aliphatic carbocycles. The van der Waals surface area contributed by atoms with Crippen LogP contribution in [0.15, 0.2) is 29.2 Å². The van der Waals surface area contributed by atoms with Crippen molar-refractivity contribution in [2.24, 2.45) is 0 Å². The van der Waals surface area contributed by atoms with E-state index in [0.717, 1.165) is 9.88 Å². The Bertz CT molecular complexity index is 842. The van der Waals surface area contributed by atoms with Gasteiger partial charge in [-0.25, -0.2) is 9.97 Å². The maximum atomic E-state index is 12.0. The van der Waals surface area contributed by atoms with Crippen LogP contribution in [0.4, 0.5) is 0 Å². The lowest BCUT2D eigenvalue weighted by molar-refractivity contribution is 0.668. The molecular formula is C14H13ClN4OS. The van der Waals surface area contributed by atoms with Crippen LogP contribution in [0, 0.1) is 6.92 Å². The van der Waals surface area contributed by atoms with Gasteiger partial charge in [-0.3, -0.25) is 4.79 Å². The van der Waals surface area contributed by atoms with Crippen LogP contribution in [0.1, 0.15) is 15.7 Å². The second-order valence-electron chi connectivity index (χ2n) is 4.62. The molecule has 7 heteroatoms. The van der Waals surface area contributed by atoms with Gasteiger partial charge in [0.2, 0.25) is 0 Å². The van der Waals surface area contributed by atoms with Crippen LogP contribution in [-0.2, 0) is 13.1 Å². The first-order valence-corrected chi connectivity index (χ1v) is 7.62.